The summed E-state index contributed by atoms with van der Waals surface area (Å²) in [6.45, 7) is -0.462. The lowest BCUT2D eigenvalue weighted by Gasteiger charge is -2.15. The fraction of sp³-hybridized carbons (Fsp3) is 0.273. The first-order valence-corrected chi connectivity index (χ1v) is 10.4. The van der Waals surface area contributed by atoms with Crippen molar-refractivity contribution in [2.75, 3.05) is 6.61 Å². The number of ether oxygens (including phenoxy) is 1. The van der Waals surface area contributed by atoms with Crippen LogP contribution in [0, 0.1) is 17.6 Å². The molecule has 3 heterocycles. The highest BCUT2D eigenvalue weighted by atomic mass is 19.4. The third-order valence-electron chi connectivity index (χ3n) is 5.68. The van der Waals surface area contributed by atoms with Crippen molar-refractivity contribution in [2.45, 2.75) is 18.5 Å². The predicted molar refractivity (Wildman–Crippen MR) is 111 cm³/mol. The molecule has 0 radical (unpaired) electrons. The van der Waals surface area contributed by atoms with Crippen molar-refractivity contribution in [1.29, 1.82) is 0 Å². The van der Waals surface area contributed by atoms with Gasteiger partial charge in [0.2, 0.25) is 0 Å². The predicted octanol–water partition coefficient (Wildman–Crippen LogP) is 5.27. The fourth-order valence-corrected chi connectivity index (χ4v) is 3.78. The van der Waals surface area contributed by atoms with Crippen LogP contribution in [0.4, 0.5) is 30.7 Å². The normalized spacial score (nSPS) is 16.8. The van der Waals surface area contributed by atoms with Gasteiger partial charge in [0.25, 0.3) is 5.92 Å². The highest BCUT2D eigenvalue weighted by molar-refractivity contribution is 5.82. The average Bonchev–Trinajstić information content (AvgIpc) is 3.14. The number of nitrogens with zero attached hydrogens (tertiary/aromatic N) is 5. The number of rotatable bonds is 6. The molecule has 0 amide bonds. The minimum Gasteiger partial charge on any atom is -0.492 e. The Bertz CT molecular complexity index is 1450. The molecule has 1 atom stereocenters. The minimum absolute atomic E-state index is 0.00435. The molecular formula is C22H15F7N6O. The first-order chi connectivity index (χ1) is 17.0. The summed E-state index contributed by atoms with van der Waals surface area (Å²) in [5.41, 5.74) is -1.86. The maximum Gasteiger partial charge on any atom is 0.437 e. The number of imidazole rings is 1. The molecule has 188 valence electrons. The van der Waals surface area contributed by atoms with Gasteiger partial charge in [-0.25, -0.2) is 22.5 Å². The van der Waals surface area contributed by atoms with Crippen molar-refractivity contribution in [2.24, 2.45) is 13.0 Å². The summed E-state index contributed by atoms with van der Waals surface area (Å²) in [6.07, 6.45) is -2.66. The molecule has 1 fully saturated rings. The molecule has 0 saturated heterocycles. The Labute approximate surface area is 198 Å². The van der Waals surface area contributed by atoms with Crippen molar-refractivity contribution < 1.29 is 35.5 Å². The summed E-state index contributed by atoms with van der Waals surface area (Å²) >= 11 is 0. The lowest BCUT2D eigenvalue weighted by molar-refractivity contribution is -0.140. The van der Waals surface area contributed by atoms with E-state index in [9.17, 15) is 26.3 Å². The molecule has 0 spiro atoms. The van der Waals surface area contributed by atoms with E-state index in [1.807, 2.05) is 5.21 Å². The van der Waals surface area contributed by atoms with Crippen LogP contribution in [0.15, 0.2) is 36.8 Å². The van der Waals surface area contributed by atoms with E-state index >= 15 is 4.39 Å². The van der Waals surface area contributed by atoms with Gasteiger partial charge in [0.05, 0.1) is 35.8 Å². The van der Waals surface area contributed by atoms with Gasteiger partial charge in [0.1, 0.15) is 28.8 Å². The van der Waals surface area contributed by atoms with Crippen molar-refractivity contribution in [3.63, 3.8) is 0 Å². The molecule has 4 aromatic rings. The van der Waals surface area contributed by atoms with E-state index in [-0.39, 0.29) is 34.0 Å². The molecule has 7 nitrogen and oxygen atoms in total. The zero-order chi connectivity index (χ0) is 25.8. The quantitative estimate of drug-likeness (QED) is 0.357. The Kier molecular flexibility index (Phi) is 5.48. The van der Waals surface area contributed by atoms with Gasteiger partial charge in [-0.15, -0.1) is 0 Å². The Morgan fingerprint density at radius 3 is 2.56 bits per heavy atom. The molecule has 14 heteroatoms. The summed E-state index contributed by atoms with van der Waals surface area (Å²) in [7, 11) is 1.50. The standard InChI is InChI=1S/C22H15F7N6O/c1-35-9-31-18(14-4-10(2-3-30-14)17-20(22(27,28)29)33-34-32-17)19(35)16-13(24)5-12(23)6-15(16)36-8-11-7-21(11,25)26/h2-6,9,11H,7-8H2,1H3,(H,32,33,34). The van der Waals surface area contributed by atoms with Gasteiger partial charge in [-0.05, 0) is 12.1 Å². The zero-order valence-electron chi connectivity index (χ0n) is 18.2. The molecule has 0 bridgehead atoms. The summed E-state index contributed by atoms with van der Waals surface area (Å²) in [6, 6.07) is 4.00. The van der Waals surface area contributed by atoms with Crippen LogP contribution in [-0.2, 0) is 13.2 Å². The Morgan fingerprint density at radius 2 is 1.86 bits per heavy atom. The molecule has 0 aliphatic heterocycles. The Balaban J connectivity index is 1.58. The second-order valence-electron chi connectivity index (χ2n) is 8.23. The number of hydrogen-bond acceptors (Lipinski definition) is 5. The van der Waals surface area contributed by atoms with E-state index in [1.54, 1.807) is 0 Å². The number of aromatic nitrogens is 6. The monoisotopic (exact) mass is 512 g/mol. The van der Waals surface area contributed by atoms with E-state index in [2.05, 4.69) is 20.2 Å². The molecule has 1 N–H and O–H groups in total. The summed E-state index contributed by atoms with van der Waals surface area (Å²) in [4.78, 5) is 8.33. The van der Waals surface area contributed by atoms with Crippen LogP contribution in [0.1, 0.15) is 12.1 Å². The van der Waals surface area contributed by atoms with Gasteiger partial charge < -0.3 is 9.30 Å². The van der Waals surface area contributed by atoms with Gasteiger partial charge in [-0.1, -0.05) is 0 Å². The third kappa shape index (κ3) is 4.27. The largest absolute Gasteiger partial charge is 0.492 e. The lowest BCUT2D eigenvalue weighted by atomic mass is 10.0. The number of hydrogen-bond donors (Lipinski definition) is 1. The SMILES string of the molecule is Cn1cnc(-c2cc(-c3n[nH]nc3C(F)(F)F)ccn2)c1-c1c(F)cc(F)cc1OCC1CC1(F)F. The molecule has 1 unspecified atom stereocenters. The number of aromatic amines is 1. The second-order valence-corrected chi connectivity index (χ2v) is 8.23. The van der Waals surface area contributed by atoms with Crippen molar-refractivity contribution in [3.8, 4) is 39.7 Å². The maximum absolute atomic E-state index is 15.1. The van der Waals surface area contributed by atoms with Gasteiger partial charge in [0.15, 0.2) is 5.69 Å². The number of benzene rings is 1. The number of nitrogens with one attached hydrogen (secondary N) is 1. The van der Waals surface area contributed by atoms with E-state index in [0.717, 1.165) is 6.07 Å². The fourth-order valence-electron chi connectivity index (χ4n) is 3.78. The van der Waals surface area contributed by atoms with Gasteiger partial charge >= 0.3 is 6.18 Å². The number of H-pyrrole nitrogens is 1. The molecule has 1 aromatic carbocycles. The van der Waals surface area contributed by atoms with Crippen molar-refractivity contribution in [1.82, 2.24) is 29.9 Å². The smallest absolute Gasteiger partial charge is 0.437 e. The van der Waals surface area contributed by atoms with Crippen LogP contribution in [0.3, 0.4) is 0 Å². The highest BCUT2D eigenvalue weighted by Gasteiger charge is 2.57. The zero-order valence-corrected chi connectivity index (χ0v) is 18.2. The number of aryl methyl sites for hydroxylation is 1. The van der Waals surface area contributed by atoms with Crippen LogP contribution in [0.2, 0.25) is 0 Å². The number of halogens is 7. The van der Waals surface area contributed by atoms with Crippen LogP contribution in [-0.4, -0.2) is 42.5 Å². The maximum atomic E-state index is 15.1. The van der Waals surface area contributed by atoms with Gasteiger partial charge in [-0.3, -0.25) is 4.98 Å². The second kappa shape index (κ2) is 8.31. The van der Waals surface area contributed by atoms with Crippen LogP contribution in [0.5, 0.6) is 5.75 Å². The average molecular weight is 512 g/mol. The van der Waals surface area contributed by atoms with Gasteiger partial charge in [0, 0.05) is 37.4 Å². The van der Waals surface area contributed by atoms with E-state index in [0.29, 0.717) is 6.07 Å². The molecule has 5 rings (SSSR count). The minimum atomic E-state index is -4.77. The first-order valence-electron chi connectivity index (χ1n) is 10.4. The van der Waals surface area contributed by atoms with Crippen molar-refractivity contribution in [3.05, 3.63) is 54.1 Å². The van der Waals surface area contributed by atoms with Crippen LogP contribution in [0.25, 0.3) is 33.9 Å². The van der Waals surface area contributed by atoms with Gasteiger partial charge in [-0.2, -0.15) is 28.6 Å². The van der Waals surface area contributed by atoms with E-state index < -0.39 is 54.1 Å². The topological polar surface area (TPSA) is 81.5 Å². The Hall–Kier alpha value is -3.97. The molecular weight excluding hydrogens is 497 g/mol. The van der Waals surface area contributed by atoms with E-state index in [1.165, 1.54) is 36.3 Å². The van der Waals surface area contributed by atoms with Crippen LogP contribution < -0.4 is 4.74 Å². The van der Waals surface area contributed by atoms with E-state index in [4.69, 9.17) is 4.74 Å². The molecule has 1 saturated carbocycles. The highest BCUT2D eigenvalue weighted by Crippen LogP contribution is 2.49. The number of pyridine rings is 1. The summed E-state index contributed by atoms with van der Waals surface area (Å²) < 4.78 is 102. The number of alkyl halides is 5. The lowest BCUT2D eigenvalue weighted by Crippen LogP contribution is -2.08. The first kappa shape index (κ1) is 23.8. The van der Waals surface area contributed by atoms with Crippen LogP contribution >= 0.6 is 0 Å². The summed E-state index contributed by atoms with van der Waals surface area (Å²) in [5, 5.41) is 8.68. The molecule has 1 aliphatic rings. The van der Waals surface area contributed by atoms with Crippen molar-refractivity contribution >= 4 is 0 Å². The molecule has 1 aliphatic carbocycles. The third-order valence-corrected chi connectivity index (χ3v) is 5.68. The molecule has 3 aromatic heterocycles. The Morgan fingerprint density at radius 1 is 1.11 bits per heavy atom. The summed E-state index contributed by atoms with van der Waals surface area (Å²) in [5.74, 6) is -6.34. The molecule has 36 heavy (non-hydrogen) atoms.